The summed E-state index contributed by atoms with van der Waals surface area (Å²) in [4.78, 5) is 51.6. The van der Waals surface area contributed by atoms with Crippen molar-refractivity contribution in [2.24, 2.45) is 52.3 Å². The zero-order valence-electron chi connectivity index (χ0n) is 27.9. The number of aliphatic hydroxyl groups excluding tert-OH is 1. The van der Waals surface area contributed by atoms with Crippen LogP contribution in [0.4, 0.5) is 0 Å². The fourth-order valence-electron chi connectivity index (χ4n) is 10.1. The van der Waals surface area contributed by atoms with Crippen molar-refractivity contribution in [1.82, 2.24) is 0 Å². The molecule has 0 bridgehead atoms. The summed E-state index contributed by atoms with van der Waals surface area (Å²) in [7, 11) is -2.87. The molecule has 0 amide bonds. The third-order valence-corrected chi connectivity index (χ3v) is 14.3. The van der Waals surface area contributed by atoms with Crippen molar-refractivity contribution >= 4 is 31.6 Å². The van der Waals surface area contributed by atoms with E-state index >= 15 is 0 Å². The van der Waals surface area contributed by atoms with Gasteiger partial charge in [-0.05, 0) is 111 Å². The van der Waals surface area contributed by atoms with Crippen LogP contribution in [0.3, 0.4) is 0 Å². The van der Waals surface area contributed by atoms with Gasteiger partial charge in [-0.15, -0.1) is 0 Å². The second kappa shape index (κ2) is 17.4. The summed E-state index contributed by atoms with van der Waals surface area (Å²) in [5.41, 5.74) is 1.24. The van der Waals surface area contributed by atoms with Crippen LogP contribution < -0.4 is 0 Å². The Morgan fingerprint density at radius 1 is 0.844 bits per heavy atom. The molecule has 0 heterocycles. The number of carboxylic acids is 3. The topological polar surface area (TPSA) is 186 Å². The second-order valence-corrected chi connectivity index (χ2v) is 17.2. The molecule has 0 spiro atoms. The number of fused-ring (bicyclic) bond motifs is 5. The highest BCUT2D eigenvalue weighted by molar-refractivity contribution is 7.58. The van der Waals surface area contributed by atoms with Gasteiger partial charge in [0.05, 0.1) is 12.3 Å². The van der Waals surface area contributed by atoms with Gasteiger partial charge in [-0.3, -0.25) is 18.9 Å². The van der Waals surface area contributed by atoms with Crippen molar-refractivity contribution in [2.45, 2.75) is 117 Å². The molecule has 4 aliphatic carbocycles. The molecule has 0 aromatic heterocycles. The van der Waals surface area contributed by atoms with Crippen molar-refractivity contribution in [3.63, 3.8) is 0 Å². The van der Waals surface area contributed by atoms with Gasteiger partial charge in [-0.2, -0.15) is 0 Å². The van der Waals surface area contributed by atoms with Crippen LogP contribution in [0.2, 0.25) is 0 Å². The first-order chi connectivity index (χ1) is 21.1. The summed E-state index contributed by atoms with van der Waals surface area (Å²) in [5, 5.41) is 32.6. The zero-order chi connectivity index (χ0) is 34.0. The van der Waals surface area contributed by atoms with Gasteiger partial charge >= 0.3 is 17.9 Å². The Morgan fingerprint density at radius 2 is 1.49 bits per heavy atom. The standard InChI is InChI=1S/C24H40O.C9H15O8P.CH4O/c1-17(7-6-16-25)20-11-12-21-19-10-9-18-8-4-5-14-23(18,2)22(19)13-15-24(20,21)3;10-7(11)2-1-6(9(14)15)5-18(16,17)4-3-8(12)13;1-2/h16-22H,4-15H2,1-3H3;6H,1-5H2,(H,10,11)(H,12,13)(H,14,15)(H,16,17);2H,1H3/t17-,18?,19?,20?,21?,22?,23?,24?;;/m1../s1. The van der Waals surface area contributed by atoms with E-state index in [1.54, 1.807) is 0 Å². The molecule has 0 aliphatic heterocycles. The van der Waals surface area contributed by atoms with Crippen LogP contribution in [-0.2, 0) is 23.7 Å². The van der Waals surface area contributed by atoms with Crippen molar-refractivity contribution in [3.8, 4) is 0 Å². The van der Waals surface area contributed by atoms with E-state index in [0.29, 0.717) is 10.8 Å². The Kier molecular flexibility index (Phi) is 15.2. The molecule has 45 heavy (non-hydrogen) atoms. The van der Waals surface area contributed by atoms with Crippen molar-refractivity contribution in [3.05, 3.63) is 0 Å². The average molecular weight is 659 g/mol. The largest absolute Gasteiger partial charge is 0.481 e. The van der Waals surface area contributed by atoms with Crippen molar-refractivity contribution in [2.75, 3.05) is 19.4 Å². The van der Waals surface area contributed by atoms with Gasteiger partial charge in [-0.25, -0.2) is 0 Å². The molecule has 4 saturated carbocycles. The predicted octanol–water partition coefficient (Wildman–Crippen LogP) is 6.56. The lowest BCUT2D eigenvalue weighted by Gasteiger charge is -2.61. The molecule has 4 rings (SSSR count). The normalized spacial score (nSPS) is 34.4. The molecule has 0 aromatic carbocycles. The number of aliphatic hydroxyl groups is 1. The molecular formula is C34H59O10P. The number of carboxylic acid groups (broad SMARTS) is 3. The van der Waals surface area contributed by atoms with Gasteiger partial charge in [-0.1, -0.05) is 33.6 Å². The third-order valence-electron chi connectivity index (χ3n) is 12.3. The number of hydrogen-bond donors (Lipinski definition) is 5. The minimum atomic E-state index is -3.87. The summed E-state index contributed by atoms with van der Waals surface area (Å²) in [6, 6.07) is 0. The van der Waals surface area contributed by atoms with Crippen LogP contribution in [0.1, 0.15) is 117 Å². The molecular weight excluding hydrogens is 599 g/mol. The highest BCUT2D eigenvalue weighted by atomic mass is 31.2. The van der Waals surface area contributed by atoms with E-state index in [9.17, 15) is 28.6 Å². The van der Waals surface area contributed by atoms with Crippen LogP contribution in [0.15, 0.2) is 0 Å². The molecule has 11 heteroatoms. The molecule has 10 nitrogen and oxygen atoms in total. The molecule has 260 valence electrons. The maximum Gasteiger partial charge on any atom is 0.307 e. The van der Waals surface area contributed by atoms with Gasteiger partial charge in [0.25, 0.3) is 0 Å². The maximum absolute atomic E-state index is 11.6. The fraction of sp³-hybridized carbons (Fsp3) is 0.882. The smallest absolute Gasteiger partial charge is 0.307 e. The maximum atomic E-state index is 11.6. The number of carbonyl (C=O) groups is 4. The number of aldehydes is 1. The average Bonchev–Trinajstić information content (AvgIpc) is 3.35. The van der Waals surface area contributed by atoms with E-state index in [2.05, 4.69) is 20.8 Å². The molecule has 4 fully saturated rings. The Morgan fingerprint density at radius 3 is 2.09 bits per heavy atom. The van der Waals surface area contributed by atoms with Crippen LogP contribution in [0.5, 0.6) is 0 Å². The molecule has 0 saturated heterocycles. The lowest BCUT2D eigenvalue weighted by atomic mass is 9.44. The van der Waals surface area contributed by atoms with Crippen molar-refractivity contribution in [1.29, 1.82) is 0 Å². The molecule has 10 atom stereocenters. The minimum absolute atomic E-state index is 0.262. The van der Waals surface area contributed by atoms with E-state index in [1.165, 1.54) is 64.2 Å². The minimum Gasteiger partial charge on any atom is -0.481 e. The predicted molar refractivity (Wildman–Crippen MR) is 172 cm³/mol. The lowest BCUT2D eigenvalue weighted by molar-refractivity contribution is -0.142. The first-order valence-corrected chi connectivity index (χ1v) is 19.0. The molecule has 4 aliphatic rings. The van der Waals surface area contributed by atoms with E-state index in [0.717, 1.165) is 61.7 Å². The van der Waals surface area contributed by atoms with Gasteiger partial charge in [0.2, 0.25) is 7.37 Å². The quantitative estimate of drug-likeness (QED) is 0.107. The molecule has 9 unspecified atom stereocenters. The second-order valence-electron chi connectivity index (χ2n) is 14.7. The van der Waals surface area contributed by atoms with Crippen LogP contribution in [0, 0.1) is 52.3 Å². The highest BCUT2D eigenvalue weighted by Crippen LogP contribution is 2.68. The zero-order valence-corrected chi connectivity index (χ0v) is 28.8. The molecule has 0 radical (unpaired) electrons. The Bertz CT molecular complexity index is 1050. The van der Waals surface area contributed by atoms with E-state index < -0.39 is 56.4 Å². The van der Waals surface area contributed by atoms with Crippen LogP contribution >= 0.6 is 7.37 Å². The van der Waals surface area contributed by atoms with Gasteiger partial charge in [0.1, 0.15) is 6.29 Å². The summed E-state index contributed by atoms with van der Waals surface area (Å²) in [6.07, 6.45) is 15.6. The van der Waals surface area contributed by atoms with Gasteiger partial charge in [0.15, 0.2) is 0 Å². The van der Waals surface area contributed by atoms with Gasteiger partial charge < -0.3 is 30.1 Å². The monoisotopic (exact) mass is 658 g/mol. The Balaban J connectivity index is 0.000000315. The van der Waals surface area contributed by atoms with Crippen LogP contribution in [-0.4, -0.2) is 68.9 Å². The highest BCUT2D eigenvalue weighted by Gasteiger charge is 2.60. The molecule has 5 N–H and O–H groups in total. The van der Waals surface area contributed by atoms with Crippen LogP contribution in [0.25, 0.3) is 0 Å². The number of aliphatic carboxylic acids is 3. The first-order valence-electron chi connectivity index (χ1n) is 17.0. The Hall–Kier alpha value is -1.77. The van der Waals surface area contributed by atoms with E-state index in [-0.39, 0.29) is 6.42 Å². The molecule has 0 aromatic rings. The van der Waals surface area contributed by atoms with E-state index in [1.807, 2.05) is 0 Å². The number of hydrogen-bond acceptors (Lipinski definition) is 6. The summed E-state index contributed by atoms with van der Waals surface area (Å²) < 4.78 is 11.6. The lowest BCUT2D eigenvalue weighted by Crippen LogP contribution is -2.53. The first kappa shape index (κ1) is 39.4. The third kappa shape index (κ3) is 10.1. The Labute approximate surface area is 269 Å². The summed E-state index contributed by atoms with van der Waals surface area (Å²) >= 11 is 0. The number of carbonyl (C=O) groups excluding carboxylic acids is 1. The summed E-state index contributed by atoms with van der Waals surface area (Å²) in [6.45, 7) is 7.78. The van der Waals surface area contributed by atoms with E-state index in [4.69, 9.17) is 20.4 Å². The van der Waals surface area contributed by atoms with Crippen molar-refractivity contribution < 1.29 is 49.1 Å². The number of rotatable bonds is 13. The summed E-state index contributed by atoms with van der Waals surface area (Å²) in [5.74, 6) is 0.599. The SMILES string of the molecule is CO.C[C@H](CCC=O)C1CCC2C3CCC4CCCCC4(C)C3CCC21C.O=C(O)CCC(CP(=O)(O)CCC(=O)O)C(=O)O. The van der Waals surface area contributed by atoms with Gasteiger partial charge in [0, 0.05) is 32.3 Å². The fourth-order valence-corrected chi connectivity index (χ4v) is 11.8.